The minimum atomic E-state index is 0.519. The van der Waals surface area contributed by atoms with Crippen molar-refractivity contribution in [3.63, 3.8) is 0 Å². The molecule has 5 heteroatoms. The van der Waals surface area contributed by atoms with Gasteiger partial charge in [0.05, 0.1) is 9.72 Å². The van der Waals surface area contributed by atoms with Gasteiger partial charge in [-0.1, -0.05) is 19.1 Å². The number of aromatic amines is 1. The molecule has 0 bridgehead atoms. The Morgan fingerprint density at radius 3 is 3.07 bits per heavy atom. The molecule has 82 valence electrons. The minimum Gasteiger partial charge on any atom is -0.345 e. The fraction of sp³-hybridized carbons (Fsp3) is 0.600. The van der Waals surface area contributed by atoms with Gasteiger partial charge < -0.3 is 4.98 Å². The Kier molecular flexibility index (Phi) is 3.85. The number of hydrogen-bond acceptors (Lipinski definition) is 3. The fourth-order valence-electron chi connectivity index (χ4n) is 1.71. The van der Waals surface area contributed by atoms with E-state index in [1.807, 2.05) is 11.8 Å². The summed E-state index contributed by atoms with van der Waals surface area (Å²) in [7, 11) is 0. The molecule has 0 amide bonds. The van der Waals surface area contributed by atoms with Crippen molar-refractivity contribution in [1.82, 2.24) is 9.97 Å². The van der Waals surface area contributed by atoms with Crippen LogP contribution in [0.5, 0.6) is 0 Å². The third-order valence-corrected chi connectivity index (χ3v) is 5.34. The van der Waals surface area contributed by atoms with E-state index < -0.39 is 0 Å². The number of nitrogens with one attached hydrogen (secondary N) is 1. The van der Waals surface area contributed by atoms with E-state index in [0.29, 0.717) is 9.89 Å². The van der Waals surface area contributed by atoms with Crippen molar-refractivity contribution in [3.8, 4) is 0 Å². The molecule has 1 aromatic rings. The van der Waals surface area contributed by atoms with E-state index in [-0.39, 0.29) is 0 Å². The lowest BCUT2D eigenvalue weighted by Crippen LogP contribution is -2.03. The van der Waals surface area contributed by atoms with Crippen LogP contribution >= 0.6 is 39.9 Å². The summed E-state index contributed by atoms with van der Waals surface area (Å²) in [5, 5.41) is 0.519. The molecule has 0 radical (unpaired) electrons. The number of nitrogens with zero attached hydrogens (tertiary/aromatic N) is 1. The van der Waals surface area contributed by atoms with E-state index in [9.17, 15) is 0 Å². The van der Waals surface area contributed by atoms with Gasteiger partial charge in [-0.25, -0.2) is 4.98 Å². The first kappa shape index (κ1) is 11.6. The molecule has 1 N–H and O–H groups in total. The van der Waals surface area contributed by atoms with Gasteiger partial charge in [0.15, 0.2) is 0 Å². The van der Waals surface area contributed by atoms with Gasteiger partial charge in [-0.15, -0.1) is 0 Å². The van der Waals surface area contributed by atoms with E-state index in [4.69, 9.17) is 12.2 Å². The summed E-state index contributed by atoms with van der Waals surface area (Å²) in [6.45, 7) is 2.12. The zero-order valence-corrected chi connectivity index (χ0v) is 11.8. The van der Waals surface area contributed by atoms with Gasteiger partial charge in [-0.2, -0.15) is 11.8 Å². The molecular weight excluding hydrogens is 292 g/mol. The standard InChI is InChI=1S/C10H13BrN2S2/c1-2-6-8(11)10(14)13-9(12-6)7-4-3-5-15-7/h7H,2-5H2,1H3,(H,12,13,14). The number of halogens is 1. The molecule has 1 aliphatic heterocycles. The van der Waals surface area contributed by atoms with Crippen molar-refractivity contribution >= 4 is 39.9 Å². The number of H-pyrrole nitrogens is 1. The summed E-state index contributed by atoms with van der Waals surface area (Å²) in [4.78, 5) is 7.85. The van der Waals surface area contributed by atoms with Crippen LogP contribution in [0.25, 0.3) is 0 Å². The van der Waals surface area contributed by atoms with Crippen LogP contribution in [-0.2, 0) is 6.42 Å². The normalized spacial score (nSPS) is 20.8. The third kappa shape index (κ3) is 2.45. The molecule has 1 fully saturated rings. The largest absolute Gasteiger partial charge is 0.345 e. The predicted molar refractivity (Wildman–Crippen MR) is 70.9 cm³/mol. The second-order valence-corrected chi connectivity index (χ2v) is 6.07. The molecule has 1 unspecified atom stereocenters. The van der Waals surface area contributed by atoms with Crippen molar-refractivity contribution < 1.29 is 0 Å². The average molecular weight is 305 g/mol. The highest BCUT2D eigenvalue weighted by atomic mass is 79.9. The van der Waals surface area contributed by atoms with E-state index >= 15 is 0 Å². The fourth-order valence-corrected chi connectivity index (χ4v) is 3.62. The SMILES string of the molecule is CCc1[nH]c(C2CCCS2)nc(=S)c1Br. The number of aryl methyl sites for hydroxylation is 1. The first-order chi connectivity index (χ1) is 7.22. The molecule has 2 nitrogen and oxygen atoms in total. The molecule has 0 spiro atoms. The van der Waals surface area contributed by atoms with E-state index in [1.165, 1.54) is 18.6 Å². The Labute approximate surface area is 107 Å². The third-order valence-electron chi connectivity index (χ3n) is 2.54. The summed E-state index contributed by atoms with van der Waals surface area (Å²) in [5.41, 5.74) is 1.16. The van der Waals surface area contributed by atoms with Crippen LogP contribution in [0, 0.1) is 4.64 Å². The second-order valence-electron chi connectivity index (χ2n) is 3.57. The van der Waals surface area contributed by atoms with Crippen molar-refractivity contribution in [2.45, 2.75) is 31.4 Å². The van der Waals surface area contributed by atoms with Crippen molar-refractivity contribution in [3.05, 3.63) is 20.6 Å². The van der Waals surface area contributed by atoms with Crippen LogP contribution in [-0.4, -0.2) is 15.7 Å². The van der Waals surface area contributed by atoms with Crippen molar-refractivity contribution in [2.75, 3.05) is 5.75 Å². The molecule has 1 aromatic heterocycles. The molecule has 0 aliphatic carbocycles. The number of hydrogen-bond donors (Lipinski definition) is 1. The summed E-state index contributed by atoms with van der Waals surface area (Å²) >= 11 is 10.7. The van der Waals surface area contributed by atoms with Crippen LogP contribution in [0.15, 0.2) is 4.47 Å². The van der Waals surface area contributed by atoms with Gasteiger partial charge in [-0.3, -0.25) is 0 Å². The summed E-state index contributed by atoms with van der Waals surface area (Å²) in [6, 6.07) is 0. The lowest BCUT2D eigenvalue weighted by Gasteiger charge is -2.11. The van der Waals surface area contributed by atoms with E-state index in [2.05, 4.69) is 32.8 Å². The predicted octanol–water partition coefficient (Wildman–Crippen LogP) is 4.03. The molecule has 2 heterocycles. The molecule has 0 saturated carbocycles. The van der Waals surface area contributed by atoms with Gasteiger partial charge in [0.25, 0.3) is 0 Å². The lowest BCUT2D eigenvalue weighted by molar-refractivity contribution is 0.761. The highest BCUT2D eigenvalue weighted by Gasteiger charge is 2.20. The Bertz CT molecular complexity index is 410. The molecule has 1 saturated heterocycles. The van der Waals surface area contributed by atoms with Crippen LogP contribution < -0.4 is 0 Å². The van der Waals surface area contributed by atoms with Crippen molar-refractivity contribution in [2.24, 2.45) is 0 Å². The van der Waals surface area contributed by atoms with Gasteiger partial charge in [-0.05, 0) is 40.9 Å². The molecule has 0 aromatic carbocycles. The van der Waals surface area contributed by atoms with Gasteiger partial charge in [0.1, 0.15) is 10.5 Å². The second kappa shape index (κ2) is 4.97. The average Bonchev–Trinajstić information content (AvgIpc) is 2.75. The smallest absolute Gasteiger partial charge is 0.144 e. The Morgan fingerprint density at radius 2 is 2.47 bits per heavy atom. The molecule has 1 aliphatic rings. The lowest BCUT2D eigenvalue weighted by atomic mass is 10.2. The number of aromatic nitrogens is 2. The molecular formula is C10H13BrN2S2. The molecule has 1 atom stereocenters. The van der Waals surface area contributed by atoms with Crippen LogP contribution in [0.4, 0.5) is 0 Å². The summed E-state index contributed by atoms with van der Waals surface area (Å²) in [6.07, 6.45) is 3.46. The maximum atomic E-state index is 5.24. The molecule has 2 rings (SSSR count). The maximum Gasteiger partial charge on any atom is 0.144 e. The van der Waals surface area contributed by atoms with Gasteiger partial charge in [0, 0.05) is 5.69 Å². The van der Waals surface area contributed by atoms with Gasteiger partial charge in [0.2, 0.25) is 0 Å². The van der Waals surface area contributed by atoms with E-state index in [0.717, 1.165) is 22.4 Å². The Hall–Kier alpha value is 0.130. The van der Waals surface area contributed by atoms with Gasteiger partial charge >= 0.3 is 0 Å². The minimum absolute atomic E-state index is 0.519. The van der Waals surface area contributed by atoms with Crippen LogP contribution in [0.2, 0.25) is 0 Å². The zero-order valence-electron chi connectivity index (χ0n) is 8.55. The maximum absolute atomic E-state index is 5.24. The topological polar surface area (TPSA) is 28.7 Å². The monoisotopic (exact) mass is 304 g/mol. The van der Waals surface area contributed by atoms with Crippen molar-refractivity contribution in [1.29, 1.82) is 0 Å². The molecule has 15 heavy (non-hydrogen) atoms. The summed E-state index contributed by atoms with van der Waals surface area (Å²) < 4.78 is 1.64. The first-order valence-corrected chi connectivity index (χ1v) is 7.37. The Balaban J connectivity index is 2.40. The highest BCUT2D eigenvalue weighted by molar-refractivity contribution is 9.10. The van der Waals surface area contributed by atoms with Crippen LogP contribution in [0.3, 0.4) is 0 Å². The first-order valence-electron chi connectivity index (χ1n) is 5.12. The number of rotatable bonds is 2. The summed E-state index contributed by atoms with van der Waals surface area (Å²) in [5.74, 6) is 2.30. The Morgan fingerprint density at radius 1 is 1.67 bits per heavy atom. The number of thioether (sulfide) groups is 1. The highest BCUT2D eigenvalue weighted by Crippen LogP contribution is 2.38. The zero-order chi connectivity index (χ0) is 10.8. The van der Waals surface area contributed by atoms with Crippen LogP contribution in [0.1, 0.15) is 36.5 Å². The van der Waals surface area contributed by atoms with E-state index in [1.54, 1.807) is 0 Å². The quantitative estimate of drug-likeness (QED) is 0.836.